The molecule has 1 N–H and O–H groups in total. The number of nitrogens with zero attached hydrogens (tertiary/aromatic N) is 1. The number of aromatic nitrogens is 1. The van der Waals surface area contributed by atoms with Crippen LogP contribution in [0.1, 0.15) is 41.8 Å². The molecule has 1 unspecified atom stereocenters. The molecule has 2 nitrogen and oxygen atoms in total. The fourth-order valence-corrected chi connectivity index (χ4v) is 3.94. The van der Waals surface area contributed by atoms with Gasteiger partial charge in [-0.3, -0.25) is 0 Å². The molecule has 82 valence electrons. The first kappa shape index (κ1) is 9.79. The van der Waals surface area contributed by atoms with E-state index in [1.165, 1.54) is 42.8 Å². The highest BCUT2D eigenvalue weighted by molar-refractivity contribution is 7.12. The summed E-state index contributed by atoms with van der Waals surface area (Å²) >= 11 is 1.95. The number of hydrogen-bond donors (Lipinski definition) is 1. The molecular formula is C12H18N2S. The van der Waals surface area contributed by atoms with Crippen molar-refractivity contribution in [3.8, 4) is 0 Å². The number of aryl methyl sites for hydroxylation is 2. The minimum Gasteiger partial charge on any atom is -0.308 e. The summed E-state index contributed by atoms with van der Waals surface area (Å²) in [5, 5.41) is 4.82. The van der Waals surface area contributed by atoms with Crippen molar-refractivity contribution in [3.63, 3.8) is 0 Å². The zero-order valence-electron chi connectivity index (χ0n) is 9.47. The number of nitrogens with one attached hydrogen (secondary N) is 1. The lowest BCUT2D eigenvalue weighted by atomic mass is 9.97. The third kappa shape index (κ3) is 1.44. The second-order valence-corrected chi connectivity index (χ2v) is 6.05. The van der Waals surface area contributed by atoms with Crippen molar-refractivity contribution in [2.24, 2.45) is 5.92 Å². The monoisotopic (exact) mass is 222 g/mol. The molecule has 0 radical (unpaired) electrons. The van der Waals surface area contributed by atoms with E-state index in [1.54, 1.807) is 4.88 Å². The van der Waals surface area contributed by atoms with Crippen LogP contribution in [0.4, 0.5) is 0 Å². The SMILES string of the molecule is CNC(C)(c1nc2c(s1)CCC2)C1CC1. The molecule has 1 aromatic heterocycles. The molecule has 0 aliphatic heterocycles. The number of hydrogen-bond acceptors (Lipinski definition) is 3. The van der Waals surface area contributed by atoms with Crippen LogP contribution in [0.3, 0.4) is 0 Å². The molecule has 3 heteroatoms. The highest BCUT2D eigenvalue weighted by atomic mass is 32.1. The smallest absolute Gasteiger partial charge is 0.113 e. The van der Waals surface area contributed by atoms with Gasteiger partial charge in [-0.25, -0.2) is 4.98 Å². The average molecular weight is 222 g/mol. The third-order valence-electron chi connectivity index (χ3n) is 3.95. The Morgan fingerprint density at radius 3 is 2.80 bits per heavy atom. The minimum atomic E-state index is 0.148. The van der Waals surface area contributed by atoms with Crippen LogP contribution in [0, 0.1) is 5.92 Å². The zero-order chi connectivity index (χ0) is 10.5. The second kappa shape index (κ2) is 3.29. The number of thiazole rings is 1. The minimum absolute atomic E-state index is 0.148. The average Bonchev–Trinajstić information content (AvgIpc) is 2.86. The van der Waals surface area contributed by atoms with Gasteiger partial charge >= 0.3 is 0 Å². The third-order valence-corrected chi connectivity index (χ3v) is 5.35. The van der Waals surface area contributed by atoms with E-state index in [0.717, 1.165) is 5.92 Å². The van der Waals surface area contributed by atoms with E-state index in [1.807, 2.05) is 11.3 Å². The summed E-state index contributed by atoms with van der Waals surface area (Å²) < 4.78 is 0. The molecule has 0 amide bonds. The van der Waals surface area contributed by atoms with Gasteiger partial charge in [0.15, 0.2) is 0 Å². The Labute approximate surface area is 95.1 Å². The molecule has 1 fully saturated rings. The fourth-order valence-electron chi connectivity index (χ4n) is 2.56. The first-order valence-electron chi connectivity index (χ1n) is 5.92. The largest absolute Gasteiger partial charge is 0.308 e. The van der Waals surface area contributed by atoms with Crippen LogP contribution in [0.15, 0.2) is 0 Å². The lowest BCUT2D eigenvalue weighted by Crippen LogP contribution is -2.38. The van der Waals surface area contributed by atoms with Gasteiger partial charge in [0.1, 0.15) is 5.01 Å². The molecule has 0 bridgehead atoms. The van der Waals surface area contributed by atoms with Gasteiger partial charge in [0, 0.05) is 4.88 Å². The maximum Gasteiger partial charge on any atom is 0.113 e. The van der Waals surface area contributed by atoms with Crippen molar-refractivity contribution < 1.29 is 0 Å². The van der Waals surface area contributed by atoms with E-state index in [4.69, 9.17) is 4.98 Å². The van der Waals surface area contributed by atoms with Gasteiger partial charge in [-0.15, -0.1) is 11.3 Å². The molecule has 0 spiro atoms. The summed E-state index contributed by atoms with van der Waals surface area (Å²) in [4.78, 5) is 6.40. The normalized spacial score (nSPS) is 23.9. The summed E-state index contributed by atoms with van der Waals surface area (Å²) in [6.45, 7) is 2.32. The van der Waals surface area contributed by atoms with Crippen molar-refractivity contribution in [2.75, 3.05) is 7.05 Å². The van der Waals surface area contributed by atoms with Crippen LogP contribution in [-0.4, -0.2) is 12.0 Å². The van der Waals surface area contributed by atoms with Crippen molar-refractivity contribution in [2.45, 2.75) is 44.6 Å². The second-order valence-electron chi connectivity index (χ2n) is 4.97. The van der Waals surface area contributed by atoms with Crippen molar-refractivity contribution in [3.05, 3.63) is 15.6 Å². The molecular weight excluding hydrogens is 204 g/mol. The lowest BCUT2D eigenvalue weighted by molar-refractivity contribution is 0.344. The molecule has 1 heterocycles. The van der Waals surface area contributed by atoms with E-state index >= 15 is 0 Å². The van der Waals surface area contributed by atoms with E-state index in [9.17, 15) is 0 Å². The molecule has 15 heavy (non-hydrogen) atoms. The van der Waals surface area contributed by atoms with Gasteiger partial charge in [0.05, 0.1) is 11.2 Å². The molecule has 0 saturated heterocycles. The Kier molecular flexibility index (Phi) is 2.15. The molecule has 1 aromatic rings. The van der Waals surface area contributed by atoms with Gasteiger partial charge in [0.2, 0.25) is 0 Å². The van der Waals surface area contributed by atoms with Crippen LogP contribution in [0.25, 0.3) is 0 Å². The first-order chi connectivity index (χ1) is 7.24. The number of rotatable bonds is 3. The number of fused-ring (bicyclic) bond motifs is 1. The van der Waals surface area contributed by atoms with Gasteiger partial charge in [0.25, 0.3) is 0 Å². The predicted molar refractivity (Wildman–Crippen MR) is 63.3 cm³/mol. The zero-order valence-corrected chi connectivity index (χ0v) is 10.3. The van der Waals surface area contributed by atoms with Crippen molar-refractivity contribution >= 4 is 11.3 Å². The quantitative estimate of drug-likeness (QED) is 0.850. The Hall–Kier alpha value is -0.410. The topological polar surface area (TPSA) is 24.9 Å². The van der Waals surface area contributed by atoms with Crippen LogP contribution in [0.5, 0.6) is 0 Å². The Balaban J connectivity index is 1.96. The highest BCUT2D eigenvalue weighted by Gasteiger charge is 2.44. The predicted octanol–water partition coefficient (Wildman–Crippen LogP) is 2.48. The molecule has 2 aliphatic carbocycles. The van der Waals surface area contributed by atoms with Crippen molar-refractivity contribution in [1.82, 2.24) is 10.3 Å². The van der Waals surface area contributed by atoms with E-state index in [-0.39, 0.29) is 5.54 Å². The van der Waals surface area contributed by atoms with Gasteiger partial charge in [-0.05, 0) is 52.0 Å². The molecule has 1 atom stereocenters. The van der Waals surface area contributed by atoms with Crippen LogP contribution < -0.4 is 5.32 Å². The van der Waals surface area contributed by atoms with Crippen LogP contribution in [0.2, 0.25) is 0 Å². The summed E-state index contributed by atoms with van der Waals surface area (Å²) in [5.41, 5.74) is 1.53. The van der Waals surface area contributed by atoms with Crippen molar-refractivity contribution in [1.29, 1.82) is 0 Å². The van der Waals surface area contributed by atoms with E-state index < -0.39 is 0 Å². The molecule has 2 aliphatic rings. The Morgan fingerprint density at radius 2 is 2.20 bits per heavy atom. The van der Waals surface area contributed by atoms with E-state index in [0.29, 0.717) is 0 Å². The summed E-state index contributed by atoms with van der Waals surface area (Å²) in [6.07, 6.45) is 6.51. The Bertz CT molecular complexity index is 359. The Morgan fingerprint density at radius 1 is 1.40 bits per heavy atom. The fraction of sp³-hybridized carbons (Fsp3) is 0.750. The lowest BCUT2D eigenvalue weighted by Gasteiger charge is -2.26. The summed E-state index contributed by atoms with van der Waals surface area (Å²) in [7, 11) is 2.07. The molecule has 3 rings (SSSR count). The first-order valence-corrected chi connectivity index (χ1v) is 6.73. The summed E-state index contributed by atoms with van der Waals surface area (Å²) in [5.74, 6) is 0.814. The maximum absolute atomic E-state index is 4.85. The molecule has 1 saturated carbocycles. The van der Waals surface area contributed by atoms with Crippen LogP contribution >= 0.6 is 11.3 Å². The van der Waals surface area contributed by atoms with E-state index in [2.05, 4.69) is 19.3 Å². The maximum atomic E-state index is 4.85. The summed E-state index contributed by atoms with van der Waals surface area (Å²) in [6, 6.07) is 0. The highest BCUT2D eigenvalue weighted by Crippen LogP contribution is 2.47. The molecule has 0 aromatic carbocycles. The van der Waals surface area contributed by atoms with Gasteiger partial charge < -0.3 is 5.32 Å². The standard InChI is InChI=1S/C12H18N2S/c1-12(13-2,8-6-7-8)11-14-9-4-3-5-10(9)15-11/h8,13H,3-7H2,1-2H3. The van der Waals surface area contributed by atoms with Gasteiger partial charge in [-0.1, -0.05) is 0 Å². The van der Waals surface area contributed by atoms with Crippen LogP contribution in [-0.2, 0) is 18.4 Å². The van der Waals surface area contributed by atoms with Gasteiger partial charge in [-0.2, -0.15) is 0 Å².